The number of amides is 1. The van der Waals surface area contributed by atoms with E-state index in [4.69, 9.17) is 4.74 Å². The number of hydrogen-bond donors (Lipinski definition) is 1. The number of carbonyl (C=O) groups excluding carboxylic acids is 1. The van der Waals surface area contributed by atoms with Crippen LogP contribution < -0.4 is 15.0 Å². The second-order valence-electron chi connectivity index (χ2n) is 5.49. The van der Waals surface area contributed by atoms with Crippen LogP contribution in [0.4, 0.5) is 5.69 Å². The van der Waals surface area contributed by atoms with E-state index in [1.165, 1.54) is 0 Å². The summed E-state index contributed by atoms with van der Waals surface area (Å²) in [6.07, 6.45) is 2.66. The summed E-state index contributed by atoms with van der Waals surface area (Å²) in [5.74, 6) is 0.751. The first-order chi connectivity index (χ1) is 11.0. The van der Waals surface area contributed by atoms with Gasteiger partial charge in [0.2, 0.25) is 6.41 Å². The van der Waals surface area contributed by atoms with E-state index < -0.39 is 0 Å². The molecule has 4 heteroatoms. The lowest BCUT2D eigenvalue weighted by Gasteiger charge is -2.15. The fraction of sp³-hybridized carbons (Fsp3) is 0.211. The number of rotatable bonds is 6. The van der Waals surface area contributed by atoms with Gasteiger partial charge in [-0.05, 0) is 48.4 Å². The van der Waals surface area contributed by atoms with Crippen molar-refractivity contribution in [3.8, 4) is 5.75 Å². The molecule has 0 aliphatic heterocycles. The molecule has 0 bridgehead atoms. The Kier molecular flexibility index (Phi) is 5.41. The molecule has 0 aliphatic carbocycles. The zero-order valence-electron chi connectivity index (χ0n) is 14.0. The van der Waals surface area contributed by atoms with Gasteiger partial charge in [-0.1, -0.05) is 18.2 Å². The molecule has 0 atom stereocenters. The minimum atomic E-state index is 0.689. The number of nitrogens with one attached hydrogen (secondary N) is 1. The van der Waals surface area contributed by atoms with E-state index in [0.717, 1.165) is 33.8 Å². The van der Waals surface area contributed by atoms with Crippen LogP contribution in [0, 0.1) is 6.92 Å². The highest BCUT2D eigenvalue weighted by Crippen LogP contribution is 2.23. The summed E-state index contributed by atoms with van der Waals surface area (Å²) in [5.41, 5.74) is 4.98. The molecule has 0 radical (unpaired) electrons. The highest BCUT2D eigenvalue weighted by Gasteiger charge is 2.05. The lowest BCUT2D eigenvalue weighted by atomic mass is 10.0. The number of anilines is 1. The zero-order valence-corrected chi connectivity index (χ0v) is 14.0. The van der Waals surface area contributed by atoms with E-state index in [1.54, 1.807) is 7.11 Å². The summed E-state index contributed by atoms with van der Waals surface area (Å²) in [6.45, 7) is 2.06. The smallest absolute Gasteiger partial charge is 0.211 e. The predicted molar refractivity (Wildman–Crippen MR) is 95.6 cm³/mol. The normalized spacial score (nSPS) is 11.0. The topological polar surface area (TPSA) is 41.6 Å². The molecular weight excluding hydrogens is 288 g/mol. The van der Waals surface area contributed by atoms with Crippen molar-refractivity contribution in [1.29, 1.82) is 0 Å². The molecule has 2 rings (SSSR count). The molecule has 23 heavy (non-hydrogen) atoms. The number of benzene rings is 2. The molecule has 0 heterocycles. The Morgan fingerprint density at radius 3 is 2.57 bits per heavy atom. The van der Waals surface area contributed by atoms with Crippen molar-refractivity contribution in [2.45, 2.75) is 6.92 Å². The van der Waals surface area contributed by atoms with Gasteiger partial charge in [0, 0.05) is 31.0 Å². The van der Waals surface area contributed by atoms with E-state index >= 15 is 0 Å². The van der Waals surface area contributed by atoms with Gasteiger partial charge in [0.05, 0.1) is 7.11 Å². The number of methoxy groups -OCH3 is 1. The summed E-state index contributed by atoms with van der Waals surface area (Å²) >= 11 is 0. The molecule has 2 aromatic rings. The molecule has 1 amide bonds. The van der Waals surface area contributed by atoms with Crippen LogP contribution in [-0.2, 0) is 4.79 Å². The van der Waals surface area contributed by atoms with E-state index in [0.29, 0.717) is 6.41 Å². The third-order valence-corrected chi connectivity index (χ3v) is 3.66. The Balaban J connectivity index is 2.44. The number of aryl methyl sites for hydroxylation is 1. The summed E-state index contributed by atoms with van der Waals surface area (Å²) in [6, 6.07) is 13.8. The van der Waals surface area contributed by atoms with Crippen LogP contribution in [-0.4, -0.2) is 27.6 Å². The summed E-state index contributed by atoms with van der Waals surface area (Å²) in [4.78, 5) is 13.0. The highest BCUT2D eigenvalue weighted by atomic mass is 16.5. The lowest BCUT2D eigenvalue weighted by molar-refractivity contribution is -0.108. The first-order valence-corrected chi connectivity index (χ1v) is 7.39. The highest BCUT2D eigenvalue weighted by molar-refractivity contribution is 5.86. The average Bonchev–Trinajstić information content (AvgIpc) is 2.56. The van der Waals surface area contributed by atoms with Crippen molar-refractivity contribution >= 4 is 23.9 Å². The van der Waals surface area contributed by atoms with Gasteiger partial charge in [0.25, 0.3) is 0 Å². The van der Waals surface area contributed by atoms with Crippen molar-refractivity contribution in [3.05, 3.63) is 59.2 Å². The molecule has 0 aliphatic rings. The van der Waals surface area contributed by atoms with Crippen molar-refractivity contribution in [2.24, 2.45) is 0 Å². The number of carbonyl (C=O) groups is 1. The largest absolute Gasteiger partial charge is 0.497 e. The van der Waals surface area contributed by atoms with Gasteiger partial charge in [-0.25, -0.2) is 0 Å². The van der Waals surface area contributed by atoms with Gasteiger partial charge in [0.15, 0.2) is 0 Å². The SMILES string of the molecule is COc1cccc(/C(=C/c2ccc(N(C)C)cc2C)NC=O)c1. The molecular formula is C19H22N2O2. The number of hydrogen-bond acceptors (Lipinski definition) is 3. The van der Waals surface area contributed by atoms with E-state index in [9.17, 15) is 4.79 Å². The van der Waals surface area contributed by atoms with E-state index in [-0.39, 0.29) is 0 Å². The molecule has 0 fully saturated rings. The molecule has 0 saturated carbocycles. The second kappa shape index (κ2) is 7.49. The fourth-order valence-electron chi connectivity index (χ4n) is 2.32. The van der Waals surface area contributed by atoms with Crippen molar-refractivity contribution in [2.75, 3.05) is 26.1 Å². The molecule has 1 N–H and O–H groups in total. The van der Waals surface area contributed by atoms with Crippen LogP contribution in [0.3, 0.4) is 0 Å². The van der Waals surface area contributed by atoms with Crippen LogP contribution in [0.15, 0.2) is 42.5 Å². The van der Waals surface area contributed by atoms with Gasteiger partial charge in [-0.15, -0.1) is 0 Å². The molecule has 0 unspecified atom stereocenters. The van der Waals surface area contributed by atoms with Crippen LogP contribution in [0.2, 0.25) is 0 Å². The van der Waals surface area contributed by atoms with Gasteiger partial charge in [-0.2, -0.15) is 0 Å². The predicted octanol–water partition coefficient (Wildman–Crippen LogP) is 3.31. The number of ether oxygens (including phenoxy) is 1. The van der Waals surface area contributed by atoms with E-state index in [1.807, 2.05) is 44.4 Å². The van der Waals surface area contributed by atoms with Gasteiger partial charge >= 0.3 is 0 Å². The minimum absolute atomic E-state index is 0.689. The van der Waals surface area contributed by atoms with Crippen LogP contribution in [0.5, 0.6) is 5.75 Å². The maximum Gasteiger partial charge on any atom is 0.211 e. The molecule has 120 valence electrons. The fourth-order valence-corrected chi connectivity index (χ4v) is 2.32. The Hall–Kier alpha value is -2.75. The number of nitrogens with zero attached hydrogens (tertiary/aromatic N) is 1. The third-order valence-electron chi connectivity index (χ3n) is 3.66. The summed E-state index contributed by atoms with van der Waals surface area (Å²) in [7, 11) is 5.65. The Morgan fingerprint density at radius 2 is 1.96 bits per heavy atom. The quantitative estimate of drug-likeness (QED) is 0.657. The summed E-state index contributed by atoms with van der Waals surface area (Å²) in [5, 5.41) is 2.78. The average molecular weight is 310 g/mol. The lowest BCUT2D eigenvalue weighted by Crippen LogP contribution is -2.10. The van der Waals surface area contributed by atoms with Crippen LogP contribution in [0.25, 0.3) is 11.8 Å². The van der Waals surface area contributed by atoms with Crippen molar-refractivity contribution in [1.82, 2.24) is 5.32 Å². The van der Waals surface area contributed by atoms with Crippen LogP contribution in [0.1, 0.15) is 16.7 Å². The Labute approximate surface area is 137 Å². The second-order valence-corrected chi connectivity index (χ2v) is 5.49. The first kappa shape index (κ1) is 16.6. The van der Waals surface area contributed by atoms with Gasteiger partial charge < -0.3 is 15.0 Å². The molecule has 2 aromatic carbocycles. The van der Waals surface area contributed by atoms with Crippen molar-refractivity contribution in [3.63, 3.8) is 0 Å². The first-order valence-electron chi connectivity index (χ1n) is 7.39. The maximum atomic E-state index is 11.0. The zero-order chi connectivity index (χ0) is 16.8. The third kappa shape index (κ3) is 4.13. The molecule has 0 aromatic heterocycles. The minimum Gasteiger partial charge on any atom is -0.497 e. The van der Waals surface area contributed by atoms with Crippen molar-refractivity contribution < 1.29 is 9.53 Å². The standard InChI is InChI=1S/C19H22N2O2/c1-14-10-17(21(2)3)9-8-15(14)12-19(20-13-22)16-6-5-7-18(11-16)23-4/h5-13H,1-4H3,(H,20,22)/b19-12-. The van der Waals surface area contributed by atoms with Crippen LogP contribution >= 0.6 is 0 Å². The summed E-state index contributed by atoms with van der Waals surface area (Å²) < 4.78 is 5.25. The molecule has 0 saturated heterocycles. The molecule has 4 nitrogen and oxygen atoms in total. The molecule has 0 spiro atoms. The Bertz CT molecular complexity index is 721. The van der Waals surface area contributed by atoms with E-state index in [2.05, 4.69) is 35.3 Å². The maximum absolute atomic E-state index is 11.0. The Morgan fingerprint density at radius 1 is 1.17 bits per heavy atom. The van der Waals surface area contributed by atoms with Gasteiger partial charge in [-0.3, -0.25) is 4.79 Å². The monoisotopic (exact) mass is 310 g/mol. The van der Waals surface area contributed by atoms with Gasteiger partial charge in [0.1, 0.15) is 5.75 Å².